The highest BCUT2D eigenvalue weighted by Gasteiger charge is 2.30. The number of aromatic nitrogens is 1. The van der Waals surface area contributed by atoms with Crippen LogP contribution in [0, 0.1) is 19.3 Å². The summed E-state index contributed by atoms with van der Waals surface area (Å²) >= 11 is 6.34. The Labute approximate surface area is 245 Å². The second kappa shape index (κ2) is 10.5. The van der Waals surface area contributed by atoms with Crippen LogP contribution in [0.3, 0.4) is 0 Å². The van der Waals surface area contributed by atoms with Crippen LogP contribution >= 0.6 is 11.6 Å². The number of piperidine rings is 1. The first kappa shape index (κ1) is 27.8. The number of fused-ring (bicyclic) bond motifs is 2. The Kier molecular flexibility index (Phi) is 7.13. The number of hydrogen-bond donors (Lipinski definition) is 2. The van der Waals surface area contributed by atoms with E-state index in [0.717, 1.165) is 59.3 Å². The summed E-state index contributed by atoms with van der Waals surface area (Å²) in [5.41, 5.74) is 7.51. The van der Waals surface area contributed by atoms with Crippen LogP contribution in [-0.2, 0) is 11.3 Å². The molecule has 41 heavy (non-hydrogen) atoms. The van der Waals surface area contributed by atoms with Crippen LogP contribution < -0.4 is 21.1 Å². The minimum absolute atomic E-state index is 0.0135. The van der Waals surface area contributed by atoms with E-state index < -0.39 is 7.12 Å². The lowest BCUT2D eigenvalue weighted by atomic mass is 9.79. The molecule has 6 rings (SSSR count). The van der Waals surface area contributed by atoms with E-state index in [1.807, 2.05) is 44.2 Å². The third-order valence-electron chi connectivity index (χ3n) is 8.55. The second-order valence-corrected chi connectivity index (χ2v) is 12.6. The average molecular weight is 572 g/mol. The maximum Gasteiger partial charge on any atom is 0.491 e. The van der Waals surface area contributed by atoms with Gasteiger partial charge in [0, 0.05) is 24.2 Å². The predicted molar refractivity (Wildman–Crippen MR) is 166 cm³/mol. The van der Waals surface area contributed by atoms with Crippen molar-refractivity contribution in [1.82, 2.24) is 4.98 Å². The summed E-state index contributed by atoms with van der Waals surface area (Å²) in [5.74, 6) is 0.673. The highest BCUT2D eigenvalue weighted by atomic mass is 35.5. The molecule has 4 aromatic rings. The summed E-state index contributed by atoms with van der Waals surface area (Å²) in [6, 6.07) is 13.2. The van der Waals surface area contributed by atoms with Crippen molar-refractivity contribution in [3.05, 3.63) is 80.1 Å². The maximum absolute atomic E-state index is 13.6. The normalized spacial score (nSPS) is 17.1. The van der Waals surface area contributed by atoms with Crippen LogP contribution in [-0.4, -0.2) is 30.2 Å². The van der Waals surface area contributed by atoms with Gasteiger partial charge in [0.25, 0.3) is 0 Å². The highest BCUT2D eigenvalue weighted by molar-refractivity contribution is 6.61. The van der Waals surface area contributed by atoms with Crippen LogP contribution in [0.2, 0.25) is 5.15 Å². The number of hydrogen-bond acceptors (Lipinski definition) is 7. The van der Waals surface area contributed by atoms with Crippen molar-refractivity contribution in [1.29, 1.82) is 0 Å². The molecule has 1 saturated heterocycles. The van der Waals surface area contributed by atoms with Gasteiger partial charge in [-0.2, -0.15) is 0 Å². The van der Waals surface area contributed by atoms with Gasteiger partial charge in [0.05, 0.1) is 35.0 Å². The summed E-state index contributed by atoms with van der Waals surface area (Å²) in [4.78, 5) is 20.5. The molecule has 0 amide bonds. The fourth-order valence-electron chi connectivity index (χ4n) is 5.95. The van der Waals surface area contributed by atoms with Gasteiger partial charge in [-0.05, 0) is 79.9 Å². The fraction of sp³-hybridized carbons (Fsp3) is 0.375. The molecular formula is C32H35BClN3O4. The number of rotatable bonds is 5. The first-order valence-electron chi connectivity index (χ1n) is 14.2. The van der Waals surface area contributed by atoms with Gasteiger partial charge < -0.3 is 24.3 Å². The SMILES string of the molecule is Cc1cc([C@@H](C)Nc2ccc(Cl)nc2-c2ccc3c(c2)COB3O)c2oc(N3CCC(C)(C)CC3)c(C)c(=O)c2c1. The third kappa shape index (κ3) is 5.25. The molecule has 0 unspecified atom stereocenters. The molecule has 212 valence electrons. The van der Waals surface area contributed by atoms with E-state index in [1.165, 1.54) is 0 Å². The Morgan fingerprint density at radius 3 is 2.63 bits per heavy atom. The summed E-state index contributed by atoms with van der Waals surface area (Å²) in [7, 11) is -0.904. The molecular weight excluding hydrogens is 537 g/mol. The lowest BCUT2D eigenvalue weighted by molar-refractivity contribution is 0.274. The molecule has 2 aromatic carbocycles. The van der Waals surface area contributed by atoms with Gasteiger partial charge in [0.15, 0.2) is 5.43 Å². The average Bonchev–Trinajstić information content (AvgIpc) is 3.31. The Morgan fingerprint density at radius 2 is 1.88 bits per heavy atom. The Bertz CT molecular complexity index is 1710. The first-order valence-corrected chi connectivity index (χ1v) is 14.6. The molecule has 2 N–H and O–H groups in total. The van der Waals surface area contributed by atoms with E-state index in [4.69, 9.17) is 20.7 Å². The maximum atomic E-state index is 13.6. The number of pyridine rings is 1. The van der Waals surface area contributed by atoms with E-state index >= 15 is 0 Å². The number of anilines is 2. The molecule has 2 aliphatic rings. The standard InChI is InChI=1S/C32H35BClN3O4/c1-18-14-23(30-24(15-18)29(38)19(2)31(41-30)37-12-10-32(4,5)11-13-37)20(3)35-26-8-9-27(34)36-28(26)21-6-7-25-22(16-21)17-40-33(25)39/h6-9,14-16,20,35,39H,10-13,17H2,1-5H3/t20-/m1/s1. The summed E-state index contributed by atoms with van der Waals surface area (Å²) in [6.45, 7) is 12.6. The summed E-state index contributed by atoms with van der Waals surface area (Å²) < 4.78 is 12.0. The number of aryl methyl sites for hydroxylation is 1. The van der Waals surface area contributed by atoms with Gasteiger partial charge in [-0.3, -0.25) is 4.79 Å². The molecule has 2 aliphatic heterocycles. The van der Waals surface area contributed by atoms with Crippen molar-refractivity contribution >= 4 is 46.7 Å². The van der Waals surface area contributed by atoms with Crippen LogP contribution in [0.5, 0.6) is 0 Å². The number of halogens is 1. The van der Waals surface area contributed by atoms with Crippen molar-refractivity contribution < 1.29 is 14.1 Å². The number of benzene rings is 2. The first-order chi connectivity index (χ1) is 19.5. The molecule has 1 atom stereocenters. The van der Waals surface area contributed by atoms with E-state index in [1.54, 1.807) is 6.07 Å². The van der Waals surface area contributed by atoms with Crippen molar-refractivity contribution in [3.8, 4) is 11.3 Å². The number of nitrogens with zero attached hydrogens (tertiary/aromatic N) is 2. The molecule has 2 aromatic heterocycles. The Morgan fingerprint density at radius 1 is 1.12 bits per heavy atom. The Hall–Kier alpha value is -3.33. The largest absolute Gasteiger partial charge is 0.491 e. The zero-order valence-electron chi connectivity index (χ0n) is 24.2. The molecule has 0 bridgehead atoms. The molecule has 0 aliphatic carbocycles. The van der Waals surface area contributed by atoms with E-state index in [0.29, 0.717) is 39.9 Å². The van der Waals surface area contributed by atoms with Gasteiger partial charge in [-0.1, -0.05) is 43.6 Å². The minimum atomic E-state index is -0.904. The minimum Gasteiger partial charge on any atom is -0.440 e. The smallest absolute Gasteiger partial charge is 0.440 e. The van der Waals surface area contributed by atoms with Gasteiger partial charge in [0.1, 0.15) is 10.7 Å². The molecule has 1 fully saturated rings. The van der Waals surface area contributed by atoms with E-state index in [9.17, 15) is 9.82 Å². The van der Waals surface area contributed by atoms with Gasteiger partial charge in [0.2, 0.25) is 5.88 Å². The van der Waals surface area contributed by atoms with Crippen molar-refractivity contribution in [2.45, 2.75) is 60.1 Å². The molecule has 0 spiro atoms. The summed E-state index contributed by atoms with van der Waals surface area (Å²) in [6.07, 6.45) is 2.10. The molecule has 0 radical (unpaired) electrons. The van der Waals surface area contributed by atoms with Crippen molar-refractivity contribution in [2.75, 3.05) is 23.3 Å². The molecule has 9 heteroatoms. The van der Waals surface area contributed by atoms with Crippen molar-refractivity contribution in [2.24, 2.45) is 5.41 Å². The lowest BCUT2D eigenvalue weighted by Crippen LogP contribution is -2.38. The molecule has 4 heterocycles. The van der Waals surface area contributed by atoms with Gasteiger partial charge >= 0.3 is 7.12 Å². The van der Waals surface area contributed by atoms with Crippen LogP contribution in [0.25, 0.3) is 22.2 Å². The predicted octanol–water partition coefficient (Wildman–Crippen LogP) is 6.14. The highest BCUT2D eigenvalue weighted by Crippen LogP contribution is 2.37. The molecule has 0 saturated carbocycles. The van der Waals surface area contributed by atoms with E-state index in [-0.39, 0.29) is 16.9 Å². The van der Waals surface area contributed by atoms with Crippen molar-refractivity contribution in [3.63, 3.8) is 0 Å². The van der Waals surface area contributed by atoms with Gasteiger partial charge in [-0.15, -0.1) is 0 Å². The quantitative estimate of drug-likeness (QED) is 0.220. The van der Waals surface area contributed by atoms with Crippen LogP contribution in [0.15, 0.2) is 51.7 Å². The Balaban J connectivity index is 1.40. The fourth-order valence-corrected chi connectivity index (χ4v) is 6.10. The van der Waals surface area contributed by atoms with Crippen LogP contribution in [0.1, 0.15) is 61.9 Å². The van der Waals surface area contributed by atoms with Gasteiger partial charge in [-0.25, -0.2) is 4.98 Å². The second-order valence-electron chi connectivity index (χ2n) is 12.2. The number of nitrogens with one attached hydrogen (secondary N) is 1. The zero-order valence-corrected chi connectivity index (χ0v) is 24.9. The lowest BCUT2D eigenvalue weighted by Gasteiger charge is -2.37. The van der Waals surface area contributed by atoms with E-state index in [2.05, 4.69) is 42.0 Å². The zero-order chi connectivity index (χ0) is 29.1. The summed E-state index contributed by atoms with van der Waals surface area (Å²) in [5, 5.41) is 14.6. The van der Waals surface area contributed by atoms with Crippen LogP contribution in [0.4, 0.5) is 11.6 Å². The monoisotopic (exact) mass is 571 g/mol. The third-order valence-corrected chi connectivity index (χ3v) is 8.76. The molecule has 7 nitrogen and oxygen atoms in total. The topological polar surface area (TPSA) is 87.8 Å².